The van der Waals surface area contributed by atoms with Crippen molar-refractivity contribution in [1.29, 1.82) is 0 Å². The maximum atomic E-state index is 12.6. The van der Waals surface area contributed by atoms with Crippen LogP contribution < -0.4 is 14.8 Å². The lowest BCUT2D eigenvalue weighted by Crippen LogP contribution is -2.30. The second-order valence-electron chi connectivity index (χ2n) is 5.68. The number of benzene rings is 2. The number of alkyl halides is 3. The fourth-order valence-electron chi connectivity index (χ4n) is 2.23. The van der Waals surface area contributed by atoms with Crippen molar-refractivity contribution in [3.8, 4) is 11.5 Å². The zero-order chi connectivity index (χ0) is 20.9. The molecular weight excluding hydrogens is 379 g/mol. The van der Waals surface area contributed by atoms with E-state index >= 15 is 0 Å². The third kappa shape index (κ3) is 5.15. The number of methoxy groups -OCH3 is 2. The number of halogens is 3. The molecule has 0 saturated heterocycles. The topological polar surface area (TPSA) is 73.9 Å². The third-order valence-electron chi connectivity index (χ3n) is 3.76. The summed E-state index contributed by atoms with van der Waals surface area (Å²) >= 11 is 0. The van der Waals surface area contributed by atoms with E-state index in [-0.39, 0.29) is 17.0 Å². The van der Waals surface area contributed by atoms with Gasteiger partial charge >= 0.3 is 12.1 Å². The number of amides is 1. The van der Waals surface area contributed by atoms with E-state index in [9.17, 15) is 22.8 Å². The maximum Gasteiger partial charge on any atom is 0.416 e. The predicted octanol–water partition coefficient (Wildman–Crippen LogP) is 3.91. The molecule has 2 aromatic carbocycles. The number of carbonyl (C=O) groups is 2. The summed E-state index contributed by atoms with van der Waals surface area (Å²) in [6, 6.07) is 8.36. The van der Waals surface area contributed by atoms with Gasteiger partial charge in [0.1, 0.15) is 17.1 Å². The van der Waals surface area contributed by atoms with E-state index < -0.39 is 29.7 Å². The first-order valence-electron chi connectivity index (χ1n) is 8.07. The Bertz CT molecular complexity index is 850. The van der Waals surface area contributed by atoms with E-state index in [1.54, 1.807) is 0 Å². The molecule has 0 radical (unpaired) electrons. The first-order valence-corrected chi connectivity index (χ1v) is 8.07. The summed E-state index contributed by atoms with van der Waals surface area (Å²) in [5, 5.41) is 2.39. The third-order valence-corrected chi connectivity index (χ3v) is 3.76. The molecule has 2 aromatic rings. The quantitative estimate of drug-likeness (QED) is 0.749. The molecule has 6 nitrogen and oxygen atoms in total. The second kappa shape index (κ2) is 8.64. The van der Waals surface area contributed by atoms with Gasteiger partial charge in [0, 0.05) is 11.8 Å². The standard InChI is InChI=1S/C19H18F3NO5/c1-11(17(24)23-13-6-4-12(5-7-13)19(20,21)22)28-18(25)15-9-8-14(26-2)10-16(15)27-3/h4-11H,1-3H3,(H,23,24)/t11-/m1/s1. The van der Waals surface area contributed by atoms with Crippen molar-refractivity contribution in [2.24, 2.45) is 0 Å². The minimum atomic E-state index is -4.47. The highest BCUT2D eigenvalue weighted by atomic mass is 19.4. The van der Waals surface area contributed by atoms with Crippen LogP contribution in [0, 0.1) is 0 Å². The zero-order valence-electron chi connectivity index (χ0n) is 15.3. The summed E-state index contributed by atoms with van der Waals surface area (Å²) in [4.78, 5) is 24.5. The lowest BCUT2D eigenvalue weighted by molar-refractivity contribution is -0.137. The van der Waals surface area contributed by atoms with Gasteiger partial charge in [-0.05, 0) is 43.3 Å². The van der Waals surface area contributed by atoms with Gasteiger partial charge in [-0.1, -0.05) is 0 Å². The van der Waals surface area contributed by atoms with Crippen LogP contribution in [0.25, 0.3) is 0 Å². The highest BCUT2D eigenvalue weighted by Gasteiger charge is 2.30. The summed E-state index contributed by atoms with van der Waals surface area (Å²) < 4.78 is 52.9. The molecule has 0 heterocycles. The number of carbonyl (C=O) groups excluding carboxylic acids is 2. The first kappa shape index (κ1) is 21.1. The molecule has 150 valence electrons. The molecule has 1 N–H and O–H groups in total. The highest BCUT2D eigenvalue weighted by Crippen LogP contribution is 2.30. The van der Waals surface area contributed by atoms with Crippen molar-refractivity contribution >= 4 is 17.6 Å². The van der Waals surface area contributed by atoms with E-state index in [1.807, 2.05) is 0 Å². The van der Waals surface area contributed by atoms with Gasteiger partial charge in [-0.3, -0.25) is 4.79 Å². The Hall–Kier alpha value is -3.23. The van der Waals surface area contributed by atoms with Gasteiger partial charge in [-0.15, -0.1) is 0 Å². The lowest BCUT2D eigenvalue weighted by atomic mass is 10.2. The number of nitrogens with one attached hydrogen (secondary N) is 1. The molecule has 0 unspecified atom stereocenters. The Labute approximate surface area is 159 Å². The average molecular weight is 397 g/mol. The number of esters is 1. The molecular formula is C19H18F3NO5. The molecule has 0 spiro atoms. The molecule has 0 bridgehead atoms. The van der Waals surface area contributed by atoms with Gasteiger partial charge < -0.3 is 19.5 Å². The fourth-order valence-corrected chi connectivity index (χ4v) is 2.23. The van der Waals surface area contributed by atoms with Crippen LogP contribution in [-0.4, -0.2) is 32.2 Å². The van der Waals surface area contributed by atoms with Crippen LogP contribution in [-0.2, 0) is 15.7 Å². The zero-order valence-corrected chi connectivity index (χ0v) is 15.3. The monoisotopic (exact) mass is 397 g/mol. The number of hydrogen-bond acceptors (Lipinski definition) is 5. The van der Waals surface area contributed by atoms with E-state index in [0.29, 0.717) is 5.75 Å². The van der Waals surface area contributed by atoms with Crippen LogP contribution in [0.15, 0.2) is 42.5 Å². The molecule has 2 rings (SSSR count). The largest absolute Gasteiger partial charge is 0.497 e. The normalized spacial score (nSPS) is 12.1. The van der Waals surface area contributed by atoms with Crippen LogP contribution >= 0.6 is 0 Å². The van der Waals surface area contributed by atoms with Gasteiger partial charge in [-0.25, -0.2) is 4.79 Å². The number of anilines is 1. The van der Waals surface area contributed by atoms with Gasteiger partial charge in [0.05, 0.1) is 19.8 Å². The van der Waals surface area contributed by atoms with Gasteiger partial charge in [0.15, 0.2) is 6.10 Å². The summed E-state index contributed by atoms with van der Waals surface area (Å²) in [6.07, 6.45) is -5.66. The Morgan fingerprint density at radius 3 is 2.18 bits per heavy atom. The van der Waals surface area contributed by atoms with Crippen LogP contribution in [0.1, 0.15) is 22.8 Å². The fraction of sp³-hybridized carbons (Fsp3) is 0.263. The number of ether oxygens (including phenoxy) is 3. The van der Waals surface area contributed by atoms with Crippen molar-refractivity contribution in [3.63, 3.8) is 0 Å². The van der Waals surface area contributed by atoms with Gasteiger partial charge in [0.2, 0.25) is 0 Å². The first-order chi connectivity index (χ1) is 13.2. The van der Waals surface area contributed by atoms with E-state index in [1.165, 1.54) is 39.3 Å². The van der Waals surface area contributed by atoms with Crippen LogP contribution in [0.2, 0.25) is 0 Å². The minimum absolute atomic E-state index is 0.0949. The smallest absolute Gasteiger partial charge is 0.416 e. The summed E-state index contributed by atoms with van der Waals surface area (Å²) in [6.45, 7) is 1.34. The van der Waals surface area contributed by atoms with Crippen LogP contribution in [0.3, 0.4) is 0 Å². The molecule has 1 atom stereocenters. The summed E-state index contributed by atoms with van der Waals surface area (Å²) in [5.74, 6) is -0.809. The molecule has 0 aromatic heterocycles. The van der Waals surface area contributed by atoms with Crippen molar-refractivity contribution in [1.82, 2.24) is 0 Å². The Kier molecular flexibility index (Phi) is 6.50. The van der Waals surface area contributed by atoms with Crippen molar-refractivity contribution in [2.75, 3.05) is 19.5 Å². The molecule has 0 aliphatic carbocycles. The Balaban J connectivity index is 2.03. The predicted molar refractivity (Wildman–Crippen MR) is 94.5 cm³/mol. The summed E-state index contributed by atoms with van der Waals surface area (Å²) in [5.41, 5.74) is -0.600. The van der Waals surface area contributed by atoms with Crippen LogP contribution in [0.5, 0.6) is 11.5 Å². The number of rotatable bonds is 6. The van der Waals surface area contributed by atoms with Crippen molar-refractivity contribution in [3.05, 3.63) is 53.6 Å². The average Bonchev–Trinajstić information content (AvgIpc) is 2.66. The van der Waals surface area contributed by atoms with E-state index in [0.717, 1.165) is 24.3 Å². The maximum absolute atomic E-state index is 12.6. The number of hydrogen-bond donors (Lipinski definition) is 1. The molecule has 0 saturated carbocycles. The van der Waals surface area contributed by atoms with Gasteiger partial charge in [0.25, 0.3) is 5.91 Å². The Morgan fingerprint density at radius 1 is 1.00 bits per heavy atom. The van der Waals surface area contributed by atoms with Crippen molar-refractivity contribution < 1.29 is 37.0 Å². The minimum Gasteiger partial charge on any atom is -0.497 e. The second-order valence-corrected chi connectivity index (χ2v) is 5.68. The molecule has 0 aliphatic rings. The molecule has 1 amide bonds. The SMILES string of the molecule is COc1ccc(C(=O)O[C@H](C)C(=O)Nc2ccc(C(F)(F)F)cc2)c(OC)c1. The van der Waals surface area contributed by atoms with Crippen molar-refractivity contribution in [2.45, 2.75) is 19.2 Å². The van der Waals surface area contributed by atoms with E-state index in [2.05, 4.69) is 5.32 Å². The van der Waals surface area contributed by atoms with Gasteiger partial charge in [-0.2, -0.15) is 13.2 Å². The highest BCUT2D eigenvalue weighted by molar-refractivity contribution is 5.98. The molecule has 0 fully saturated rings. The Morgan fingerprint density at radius 2 is 1.64 bits per heavy atom. The van der Waals surface area contributed by atoms with Crippen LogP contribution in [0.4, 0.5) is 18.9 Å². The summed E-state index contributed by atoms with van der Waals surface area (Å²) in [7, 11) is 2.83. The molecule has 0 aliphatic heterocycles. The molecule has 9 heteroatoms. The lowest BCUT2D eigenvalue weighted by Gasteiger charge is -2.15. The van der Waals surface area contributed by atoms with E-state index in [4.69, 9.17) is 14.2 Å². The molecule has 28 heavy (non-hydrogen) atoms.